The first kappa shape index (κ1) is 16.2. The summed E-state index contributed by atoms with van der Waals surface area (Å²) in [5.74, 6) is 0.823. The summed E-state index contributed by atoms with van der Waals surface area (Å²) in [5.41, 5.74) is 2.26. The van der Waals surface area contributed by atoms with Crippen LogP contribution in [-0.4, -0.2) is 59.8 Å². The number of aromatic amines is 1. The summed E-state index contributed by atoms with van der Waals surface area (Å²) in [6, 6.07) is 5.72. The standard InChI is InChI=1S/C17H20N5O2P/c1-25(2,23)14-11-15(22-7-9-24-10-8-22)20-16-12(14)3-5-18-17(16)13-4-6-19-21-13/h3-6,11H,7-10H2,1-2H3,(H,19,21). The number of H-pyrrole nitrogens is 1. The number of pyridine rings is 2. The quantitative estimate of drug-likeness (QED) is 0.723. The number of nitrogens with zero attached hydrogens (tertiary/aromatic N) is 4. The van der Waals surface area contributed by atoms with E-state index in [1.54, 1.807) is 25.7 Å². The fourth-order valence-electron chi connectivity index (χ4n) is 3.11. The van der Waals surface area contributed by atoms with Gasteiger partial charge in [-0.25, -0.2) is 4.98 Å². The maximum atomic E-state index is 13.0. The molecule has 1 N–H and O–H groups in total. The molecule has 25 heavy (non-hydrogen) atoms. The van der Waals surface area contributed by atoms with Crippen LogP contribution in [0.2, 0.25) is 0 Å². The molecule has 3 aromatic heterocycles. The predicted octanol–water partition coefficient (Wildman–Crippen LogP) is 2.10. The Hall–Kier alpha value is -2.24. The van der Waals surface area contributed by atoms with Crippen LogP contribution in [0.4, 0.5) is 5.82 Å². The van der Waals surface area contributed by atoms with E-state index in [9.17, 15) is 4.57 Å². The Morgan fingerprint density at radius 2 is 2.00 bits per heavy atom. The molecule has 0 aromatic carbocycles. The Morgan fingerprint density at radius 3 is 2.68 bits per heavy atom. The van der Waals surface area contributed by atoms with Gasteiger partial charge in [0.05, 0.1) is 18.9 Å². The van der Waals surface area contributed by atoms with Crippen LogP contribution in [-0.2, 0) is 9.30 Å². The summed E-state index contributed by atoms with van der Waals surface area (Å²) in [5, 5.41) is 8.68. The SMILES string of the molecule is CP(C)(=O)c1cc(N2CCOCC2)nc2c(-c3ccn[nH]3)nccc12. The summed E-state index contributed by atoms with van der Waals surface area (Å²) in [7, 11) is -2.49. The van der Waals surface area contributed by atoms with Crippen molar-refractivity contribution in [2.75, 3.05) is 44.5 Å². The molecule has 0 spiro atoms. The first-order chi connectivity index (χ1) is 12.0. The zero-order valence-electron chi connectivity index (χ0n) is 14.3. The van der Waals surface area contributed by atoms with Gasteiger partial charge in [0.25, 0.3) is 0 Å². The summed E-state index contributed by atoms with van der Waals surface area (Å²) in [4.78, 5) is 11.5. The minimum absolute atomic E-state index is 0.672. The Labute approximate surface area is 145 Å². The van der Waals surface area contributed by atoms with E-state index >= 15 is 0 Å². The average Bonchev–Trinajstić information content (AvgIpc) is 3.14. The third kappa shape index (κ3) is 3.05. The van der Waals surface area contributed by atoms with Gasteiger partial charge in [0.1, 0.15) is 24.2 Å². The normalized spacial score (nSPS) is 15.7. The molecule has 4 heterocycles. The van der Waals surface area contributed by atoms with E-state index in [0.717, 1.165) is 46.5 Å². The molecule has 0 radical (unpaired) electrons. The van der Waals surface area contributed by atoms with E-state index in [4.69, 9.17) is 9.72 Å². The van der Waals surface area contributed by atoms with Crippen LogP contribution in [0.1, 0.15) is 0 Å². The van der Waals surface area contributed by atoms with Gasteiger partial charge in [-0.3, -0.25) is 10.1 Å². The second-order valence-electron chi connectivity index (χ2n) is 6.48. The molecule has 3 aromatic rings. The molecule has 130 valence electrons. The second-order valence-corrected chi connectivity index (χ2v) is 9.66. The maximum absolute atomic E-state index is 13.0. The number of ether oxygens (including phenoxy) is 1. The monoisotopic (exact) mass is 357 g/mol. The van der Waals surface area contributed by atoms with E-state index in [1.165, 1.54) is 0 Å². The number of anilines is 1. The lowest BCUT2D eigenvalue weighted by Gasteiger charge is -2.29. The third-order valence-electron chi connectivity index (χ3n) is 4.36. The Morgan fingerprint density at radius 1 is 1.20 bits per heavy atom. The fraction of sp³-hybridized carbons (Fsp3) is 0.353. The molecule has 1 aliphatic rings. The number of rotatable bonds is 3. The van der Waals surface area contributed by atoms with Crippen molar-refractivity contribution in [3.05, 3.63) is 30.6 Å². The van der Waals surface area contributed by atoms with Gasteiger partial charge in [0, 0.05) is 36.2 Å². The molecule has 0 aliphatic carbocycles. The molecule has 7 nitrogen and oxygen atoms in total. The largest absolute Gasteiger partial charge is 0.378 e. The highest BCUT2D eigenvalue weighted by Crippen LogP contribution is 2.39. The molecule has 4 rings (SSSR count). The maximum Gasteiger partial charge on any atom is 0.130 e. The molecular formula is C17H20N5O2P. The van der Waals surface area contributed by atoms with Crippen LogP contribution in [0.5, 0.6) is 0 Å². The number of nitrogens with one attached hydrogen (secondary N) is 1. The van der Waals surface area contributed by atoms with Crippen LogP contribution in [0, 0.1) is 0 Å². The van der Waals surface area contributed by atoms with Gasteiger partial charge >= 0.3 is 0 Å². The van der Waals surface area contributed by atoms with E-state index in [0.29, 0.717) is 13.2 Å². The van der Waals surface area contributed by atoms with Crippen molar-refractivity contribution in [3.63, 3.8) is 0 Å². The number of aromatic nitrogens is 4. The molecule has 0 saturated carbocycles. The topological polar surface area (TPSA) is 84.0 Å². The molecule has 8 heteroatoms. The van der Waals surface area contributed by atoms with Gasteiger partial charge in [-0.1, -0.05) is 0 Å². The minimum Gasteiger partial charge on any atom is -0.378 e. The third-order valence-corrected chi connectivity index (χ3v) is 5.89. The lowest BCUT2D eigenvalue weighted by molar-refractivity contribution is 0.122. The van der Waals surface area contributed by atoms with Crippen LogP contribution >= 0.6 is 7.14 Å². The Kier molecular flexibility index (Phi) is 4.06. The number of hydrogen-bond acceptors (Lipinski definition) is 6. The highest BCUT2D eigenvalue weighted by molar-refractivity contribution is 7.70. The van der Waals surface area contributed by atoms with Crippen LogP contribution in [0.15, 0.2) is 30.6 Å². The van der Waals surface area contributed by atoms with Gasteiger partial charge in [-0.15, -0.1) is 0 Å². The summed E-state index contributed by atoms with van der Waals surface area (Å²) >= 11 is 0. The summed E-state index contributed by atoms with van der Waals surface area (Å²) in [6.07, 6.45) is 3.42. The predicted molar refractivity (Wildman–Crippen MR) is 99.2 cm³/mol. The zero-order chi connectivity index (χ0) is 17.4. The molecule has 1 fully saturated rings. The molecule has 0 bridgehead atoms. The van der Waals surface area contributed by atoms with E-state index in [2.05, 4.69) is 20.1 Å². The second kappa shape index (κ2) is 6.24. The van der Waals surface area contributed by atoms with Crippen LogP contribution in [0.25, 0.3) is 22.3 Å². The van der Waals surface area contributed by atoms with Crippen molar-refractivity contribution in [3.8, 4) is 11.4 Å². The lowest BCUT2D eigenvalue weighted by Crippen LogP contribution is -2.37. The fourth-order valence-corrected chi connectivity index (χ4v) is 4.29. The number of fused-ring (bicyclic) bond motifs is 1. The minimum atomic E-state index is -2.49. The van der Waals surface area contributed by atoms with E-state index in [1.807, 2.05) is 18.2 Å². The van der Waals surface area contributed by atoms with Crippen molar-refractivity contribution >= 4 is 29.2 Å². The van der Waals surface area contributed by atoms with Gasteiger partial charge in [-0.2, -0.15) is 5.10 Å². The van der Waals surface area contributed by atoms with Crippen LogP contribution in [0.3, 0.4) is 0 Å². The highest BCUT2D eigenvalue weighted by Gasteiger charge is 2.22. The van der Waals surface area contributed by atoms with Gasteiger partial charge in [0.2, 0.25) is 0 Å². The van der Waals surface area contributed by atoms with Crippen molar-refractivity contribution in [2.45, 2.75) is 0 Å². The van der Waals surface area contributed by atoms with Crippen molar-refractivity contribution in [1.82, 2.24) is 20.2 Å². The zero-order valence-corrected chi connectivity index (χ0v) is 15.2. The first-order valence-electron chi connectivity index (χ1n) is 8.22. The van der Waals surface area contributed by atoms with E-state index < -0.39 is 7.14 Å². The smallest absolute Gasteiger partial charge is 0.130 e. The first-order valence-corrected chi connectivity index (χ1v) is 10.8. The molecule has 1 saturated heterocycles. The van der Waals surface area contributed by atoms with Crippen molar-refractivity contribution < 1.29 is 9.30 Å². The van der Waals surface area contributed by atoms with Crippen LogP contribution < -0.4 is 10.2 Å². The molecule has 0 amide bonds. The molecular weight excluding hydrogens is 337 g/mol. The van der Waals surface area contributed by atoms with E-state index in [-0.39, 0.29) is 0 Å². The molecule has 0 atom stereocenters. The summed E-state index contributed by atoms with van der Waals surface area (Å²) < 4.78 is 18.4. The number of morpholine rings is 1. The van der Waals surface area contributed by atoms with Gasteiger partial charge in [-0.05, 0) is 31.5 Å². The molecule has 1 aliphatic heterocycles. The highest BCUT2D eigenvalue weighted by atomic mass is 31.2. The van der Waals surface area contributed by atoms with Gasteiger partial charge < -0.3 is 14.2 Å². The summed E-state index contributed by atoms with van der Waals surface area (Å²) in [6.45, 7) is 6.48. The lowest BCUT2D eigenvalue weighted by atomic mass is 10.1. The average molecular weight is 357 g/mol. The van der Waals surface area contributed by atoms with Crippen molar-refractivity contribution in [1.29, 1.82) is 0 Å². The van der Waals surface area contributed by atoms with Crippen molar-refractivity contribution in [2.24, 2.45) is 0 Å². The molecule has 0 unspecified atom stereocenters. The van der Waals surface area contributed by atoms with Gasteiger partial charge in [0.15, 0.2) is 0 Å². The number of hydrogen-bond donors (Lipinski definition) is 1. The Bertz CT molecular complexity index is 945. The Balaban J connectivity index is 1.99.